The van der Waals surface area contributed by atoms with Crippen molar-refractivity contribution in [2.75, 3.05) is 18.0 Å². The van der Waals surface area contributed by atoms with E-state index in [-0.39, 0.29) is 0 Å². The first-order valence-corrected chi connectivity index (χ1v) is 5.58. The molecule has 4 heteroatoms. The van der Waals surface area contributed by atoms with Crippen molar-refractivity contribution in [2.24, 2.45) is 11.7 Å². The van der Waals surface area contributed by atoms with Crippen molar-refractivity contribution in [2.45, 2.75) is 13.3 Å². The van der Waals surface area contributed by atoms with Crippen molar-refractivity contribution in [1.29, 1.82) is 0 Å². The van der Waals surface area contributed by atoms with E-state index in [9.17, 15) is 0 Å². The Hall–Kier alpha value is -1.16. The van der Waals surface area contributed by atoms with Gasteiger partial charge in [-0.25, -0.2) is 0 Å². The van der Waals surface area contributed by atoms with Gasteiger partial charge in [0, 0.05) is 24.8 Å². The van der Waals surface area contributed by atoms with Crippen molar-refractivity contribution >= 4 is 22.9 Å². The van der Waals surface area contributed by atoms with Crippen LogP contribution in [0.4, 0.5) is 5.69 Å². The van der Waals surface area contributed by atoms with Crippen LogP contribution in [0.5, 0.6) is 0 Å². The van der Waals surface area contributed by atoms with Gasteiger partial charge in [0.15, 0.2) is 0 Å². The second-order valence-electron chi connectivity index (χ2n) is 4.10. The van der Waals surface area contributed by atoms with Crippen LogP contribution in [-0.2, 0) is 0 Å². The SMILES string of the molecule is CC1CCN(c2cnccc2C(N)=S)C1. The smallest absolute Gasteiger partial charge is 0.106 e. The maximum absolute atomic E-state index is 5.69. The van der Waals surface area contributed by atoms with Crippen LogP contribution in [0.1, 0.15) is 18.9 Å². The van der Waals surface area contributed by atoms with E-state index < -0.39 is 0 Å². The van der Waals surface area contributed by atoms with Crippen molar-refractivity contribution in [3.63, 3.8) is 0 Å². The molecular weight excluding hydrogens is 206 g/mol. The van der Waals surface area contributed by atoms with E-state index in [0.717, 1.165) is 30.3 Å². The summed E-state index contributed by atoms with van der Waals surface area (Å²) in [6, 6.07) is 1.89. The van der Waals surface area contributed by atoms with E-state index in [4.69, 9.17) is 18.0 Å². The quantitative estimate of drug-likeness (QED) is 0.770. The first-order chi connectivity index (χ1) is 7.18. The minimum absolute atomic E-state index is 0.451. The van der Waals surface area contributed by atoms with Gasteiger partial charge in [-0.05, 0) is 18.4 Å². The van der Waals surface area contributed by atoms with Crippen LogP contribution in [0.3, 0.4) is 0 Å². The van der Waals surface area contributed by atoms with Gasteiger partial charge < -0.3 is 10.6 Å². The summed E-state index contributed by atoms with van der Waals surface area (Å²) in [6.07, 6.45) is 4.82. The highest BCUT2D eigenvalue weighted by Crippen LogP contribution is 2.25. The molecule has 1 saturated heterocycles. The zero-order valence-corrected chi connectivity index (χ0v) is 9.63. The fraction of sp³-hybridized carbons (Fsp3) is 0.455. The summed E-state index contributed by atoms with van der Waals surface area (Å²) in [4.78, 5) is 6.90. The summed E-state index contributed by atoms with van der Waals surface area (Å²) in [7, 11) is 0. The van der Waals surface area contributed by atoms with E-state index in [1.54, 1.807) is 6.20 Å². The molecule has 1 fully saturated rings. The van der Waals surface area contributed by atoms with E-state index in [1.165, 1.54) is 6.42 Å². The third kappa shape index (κ3) is 2.09. The summed E-state index contributed by atoms with van der Waals surface area (Å²) in [5, 5.41) is 0. The molecule has 0 bridgehead atoms. The molecule has 2 rings (SSSR count). The number of anilines is 1. The van der Waals surface area contributed by atoms with E-state index in [1.807, 2.05) is 12.3 Å². The molecular formula is C11H15N3S. The maximum Gasteiger partial charge on any atom is 0.106 e. The molecule has 0 spiro atoms. The molecule has 0 saturated carbocycles. The second kappa shape index (κ2) is 4.14. The van der Waals surface area contributed by atoms with Crippen LogP contribution < -0.4 is 10.6 Å². The second-order valence-corrected chi connectivity index (χ2v) is 4.54. The average Bonchev–Trinajstić information content (AvgIpc) is 2.65. The predicted molar refractivity (Wildman–Crippen MR) is 66.1 cm³/mol. The molecule has 1 aliphatic rings. The molecule has 2 heterocycles. The Labute approximate surface area is 95.3 Å². The Balaban J connectivity index is 2.31. The molecule has 1 aromatic rings. The third-order valence-electron chi connectivity index (χ3n) is 2.83. The van der Waals surface area contributed by atoms with Crippen LogP contribution >= 0.6 is 12.2 Å². The summed E-state index contributed by atoms with van der Waals surface area (Å²) in [5.74, 6) is 0.740. The van der Waals surface area contributed by atoms with Gasteiger partial charge in [-0.15, -0.1) is 0 Å². The average molecular weight is 221 g/mol. The first kappa shape index (κ1) is 10.4. The molecule has 0 amide bonds. The number of hydrogen-bond acceptors (Lipinski definition) is 3. The number of aromatic nitrogens is 1. The Bertz CT molecular complexity index is 378. The zero-order chi connectivity index (χ0) is 10.8. The molecule has 0 aliphatic carbocycles. The molecule has 0 radical (unpaired) electrons. The zero-order valence-electron chi connectivity index (χ0n) is 8.81. The van der Waals surface area contributed by atoms with Gasteiger partial charge in [0.2, 0.25) is 0 Å². The minimum Gasteiger partial charge on any atom is -0.389 e. The topological polar surface area (TPSA) is 42.2 Å². The Morgan fingerprint density at radius 1 is 1.67 bits per heavy atom. The highest BCUT2D eigenvalue weighted by atomic mass is 32.1. The summed E-state index contributed by atoms with van der Waals surface area (Å²) < 4.78 is 0. The number of thiocarbonyl (C=S) groups is 1. The van der Waals surface area contributed by atoms with Crippen LogP contribution in [0, 0.1) is 5.92 Å². The van der Waals surface area contributed by atoms with Crippen LogP contribution in [0.2, 0.25) is 0 Å². The minimum atomic E-state index is 0.451. The molecule has 1 aliphatic heterocycles. The van der Waals surface area contributed by atoms with Crippen molar-refractivity contribution < 1.29 is 0 Å². The lowest BCUT2D eigenvalue weighted by atomic mass is 10.2. The van der Waals surface area contributed by atoms with Gasteiger partial charge in [-0.3, -0.25) is 4.98 Å². The summed E-state index contributed by atoms with van der Waals surface area (Å²) in [6.45, 7) is 4.40. The highest BCUT2D eigenvalue weighted by molar-refractivity contribution is 7.80. The lowest BCUT2D eigenvalue weighted by molar-refractivity contribution is 0.659. The number of nitrogens with two attached hydrogens (primary N) is 1. The van der Waals surface area contributed by atoms with Gasteiger partial charge >= 0.3 is 0 Å². The Morgan fingerprint density at radius 3 is 3.07 bits per heavy atom. The lowest BCUT2D eigenvalue weighted by Gasteiger charge is -2.20. The van der Waals surface area contributed by atoms with E-state index >= 15 is 0 Å². The standard InChI is InChI=1S/C11H15N3S/c1-8-3-5-14(7-8)10-6-13-4-2-9(10)11(12)15/h2,4,6,8H,3,5,7H2,1H3,(H2,12,15). The Kier molecular flexibility index (Phi) is 2.86. The molecule has 15 heavy (non-hydrogen) atoms. The largest absolute Gasteiger partial charge is 0.389 e. The van der Waals surface area contributed by atoms with Crippen molar-refractivity contribution in [1.82, 2.24) is 4.98 Å². The monoisotopic (exact) mass is 221 g/mol. The van der Waals surface area contributed by atoms with E-state index in [2.05, 4.69) is 16.8 Å². The fourth-order valence-electron chi connectivity index (χ4n) is 2.00. The molecule has 3 nitrogen and oxygen atoms in total. The van der Waals surface area contributed by atoms with Crippen molar-refractivity contribution in [3.05, 3.63) is 24.0 Å². The molecule has 1 atom stereocenters. The fourth-order valence-corrected chi connectivity index (χ4v) is 2.17. The number of nitrogens with zero attached hydrogens (tertiary/aromatic N) is 2. The van der Waals surface area contributed by atoms with Crippen LogP contribution in [-0.4, -0.2) is 23.1 Å². The van der Waals surface area contributed by atoms with Gasteiger partial charge in [-0.2, -0.15) is 0 Å². The van der Waals surface area contributed by atoms with E-state index in [0.29, 0.717) is 4.99 Å². The number of hydrogen-bond donors (Lipinski definition) is 1. The predicted octanol–water partition coefficient (Wildman–Crippen LogP) is 1.56. The number of pyridine rings is 1. The highest BCUT2D eigenvalue weighted by Gasteiger charge is 2.21. The first-order valence-electron chi connectivity index (χ1n) is 5.17. The van der Waals surface area contributed by atoms with Crippen LogP contribution in [0.15, 0.2) is 18.5 Å². The van der Waals surface area contributed by atoms with Gasteiger partial charge in [0.25, 0.3) is 0 Å². The lowest BCUT2D eigenvalue weighted by Crippen LogP contribution is -2.23. The molecule has 0 aromatic carbocycles. The summed E-state index contributed by atoms with van der Waals surface area (Å²) >= 11 is 5.04. The normalized spacial score (nSPS) is 20.6. The molecule has 80 valence electrons. The molecule has 1 unspecified atom stereocenters. The van der Waals surface area contributed by atoms with Gasteiger partial charge in [0.05, 0.1) is 11.9 Å². The maximum atomic E-state index is 5.69. The Morgan fingerprint density at radius 2 is 2.47 bits per heavy atom. The third-order valence-corrected chi connectivity index (χ3v) is 3.05. The summed E-state index contributed by atoms with van der Waals surface area (Å²) in [5.41, 5.74) is 7.71. The van der Waals surface area contributed by atoms with Gasteiger partial charge in [-0.1, -0.05) is 19.1 Å². The number of rotatable bonds is 2. The molecule has 2 N–H and O–H groups in total. The van der Waals surface area contributed by atoms with Crippen molar-refractivity contribution in [3.8, 4) is 0 Å². The van der Waals surface area contributed by atoms with Gasteiger partial charge in [0.1, 0.15) is 4.99 Å². The van der Waals surface area contributed by atoms with Crippen LogP contribution in [0.25, 0.3) is 0 Å². The molecule has 1 aromatic heterocycles.